The minimum atomic E-state index is -0.0983. The molecular weight excluding hydrogens is 368 g/mol. The lowest BCUT2D eigenvalue weighted by atomic mass is 10.1. The van der Waals surface area contributed by atoms with E-state index < -0.39 is 0 Å². The van der Waals surface area contributed by atoms with Gasteiger partial charge in [-0.25, -0.2) is 4.79 Å². The number of urea groups is 1. The van der Waals surface area contributed by atoms with Gasteiger partial charge in [0.15, 0.2) is 0 Å². The van der Waals surface area contributed by atoms with E-state index in [2.05, 4.69) is 15.4 Å². The Morgan fingerprint density at radius 3 is 2.89 bits per heavy atom. The normalized spacial score (nSPS) is 17.4. The molecule has 5 rings (SSSR count). The lowest BCUT2D eigenvalue weighted by molar-refractivity contribution is 0.0496. The number of fused-ring (bicyclic) bond motifs is 1. The van der Waals surface area contributed by atoms with Crippen molar-refractivity contribution in [3.8, 4) is 0 Å². The average molecular weight is 385 g/mol. The second kappa shape index (κ2) is 6.02. The summed E-state index contributed by atoms with van der Waals surface area (Å²) >= 11 is 6.01. The van der Waals surface area contributed by atoms with Crippen LogP contribution < -0.4 is 10.2 Å². The molecule has 2 fully saturated rings. The van der Waals surface area contributed by atoms with Gasteiger partial charge in [-0.2, -0.15) is 5.10 Å². The number of nitrogens with zero attached hydrogens (tertiary/aromatic N) is 4. The maximum Gasteiger partial charge on any atom is 0.322 e. The van der Waals surface area contributed by atoms with E-state index >= 15 is 0 Å². The van der Waals surface area contributed by atoms with Crippen molar-refractivity contribution in [3.63, 3.8) is 0 Å². The van der Waals surface area contributed by atoms with Gasteiger partial charge >= 0.3 is 6.03 Å². The van der Waals surface area contributed by atoms with E-state index in [4.69, 9.17) is 11.6 Å². The Hall–Kier alpha value is -3.00. The molecule has 0 spiro atoms. The van der Waals surface area contributed by atoms with Gasteiger partial charge in [0.25, 0.3) is 5.91 Å². The van der Waals surface area contributed by atoms with E-state index in [1.54, 1.807) is 22.1 Å². The highest BCUT2D eigenvalue weighted by Crippen LogP contribution is 2.27. The number of aromatic amines is 1. The first-order valence-corrected chi connectivity index (χ1v) is 9.13. The summed E-state index contributed by atoms with van der Waals surface area (Å²) in [5.41, 5.74) is 2.23. The van der Waals surface area contributed by atoms with Gasteiger partial charge in [-0.15, -0.1) is 0 Å². The van der Waals surface area contributed by atoms with E-state index in [1.807, 2.05) is 29.1 Å². The fourth-order valence-corrected chi connectivity index (χ4v) is 3.74. The molecule has 9 heteroatoms. The number of likely N-dealkylation sites (tertiary alicyclic amines) is 1. The Labute approximate surface area is 159 Å². The molecule has 0 bridgehead atoms. The SMILES string of the molecule is O=C(c1cc2cc(Cl)ccc2[nH]1)N1CC(n2cc(N3CCNC3=O)cn2)C1. The van der Waals surface area contributed by atoms with Crippen molar-refractivity contribution < 1.29 is 9.59 Å². The molecule has 27 heavy (non-hydrogen) atoms. The largest absolute Gasteiger partial charge is 0.351 e. The Balaban J connectivity index is 1.26. The summed E-state index contributed by atoms with van der Waals surface area (Å²) < 4.78 is 1.83. The molecule has 2 aliphatic rings. The summed E-state index contributed by atoms with van der Waals surface area (Å²) in [6.45, 7) is 2.46. The van der Waals surface area contributed by atoms with Gasteiger partial charge in [-0.3, -0.25) is 14.4 Å². The van der Waals surface area contributed by atoms with E-state index in [0.717, 1.165) is 16.6 Å². The van der Waals surface area contributed by atoms with E-state index in [9.17, 15) is 9.59 Å². The van der Waals surface area contributed by atoms with Crippen molar-refractivity contribution in [3.05, 3.63) is 47.4 Å². The van der Waals surface area contributed by atoms with Crippen LogP contribution in [0.5, 0.6) is 0 Å². The van der Waals surface area contributed by atoms with Gasteiger partial charge in [0.1, 0.15) is 5.69 Å². The second-order valence-corrected chi connectivity index (χ2v) is 7.28. The average Bonchev–Trinajstić information content (AvgIpc) is 3.32. The van der Waals surface area contributed by atoms with Crippen LogP contribution in [0.2, 0.25) is 5.02 Å². The summed E-state index contributed by atoms with van der Waals surface area (Å²) in [7, 11) is 0. The molecule has 1 aromatic carbocycles. The number of hydrogen-bond acceptors (Lipinski definition) is 3. The molecule has 8 nitrogen and oxygen atoms in total. The zero-order valence-electron chi connectivity index (χ0n) is 14.4. The Morgan fingerprint density at radius 1 is 1.26 bits per heavy atom. The molecule has 0 unspecified atom stereocenters. The van der Waals surface area contributed by atoms with Crippen molar-refractivity contribution in [2.24, 2.45) is 0 Å². The van der Waals surface area contributed by atoms with Crippen LogP contribution in [-0.2, 0) is 0 Å². The molecule has 2 aromatic heterocycles. The van der Waals surface area contributed by atoms with Crippen LogP contribution in [0.4, 0.5) is 10.5 Å². The minimum absolute atomic E-state index is 0.0372. The first-order valence-electron chi connectivity index (χ1n) is 8.75. The molecule has 0 saturated carbocycles. The zero-order valence-corrected chi connectivity index (χ0v) is 15.1. The van der Waals surface area contributed by atoms with Crippen LogP contribution in [0.3, 0.4) is 0 Å². The maximum atomic E-state index is 12.7. The Morgan fingerprint density at radius 2 is 2.11 bits per heavy atom. The number of H-pyrrole nitrogens is 1. The van der Waals surface area contributed by atoms with E-state index in [-0.39, 0.29) is 18.0 Å². The highest BCUT2D eigenvalue weighted by Gasteiger charge is 2.34. The second-order valence-electron chi connectivity index (χ2n) is 6.84. The molecule has 3 amide bonds. The van der Waals surface area contributed by atoms with Crippen molar-refractivity contribution in [2.75, 3.05) is 31.1 Å². The van der Waals surface area contributed by atoms with Crippen LogP contribution in [0, 0.1) is 0 Å². The molecule has 0 radical (unpaired) electrons. The number of anilines is 1. The van der Waals surface area contributed by atoms with Gasteiger partial charge < -0.3 is 15.2 Å². The van der Waals surface area contributed by atoms with E-state index in [0.29, 0.717) is 36.9 Å². The third kappa shape index (κ3) is 2.73. The minimum Gasteiger partial charge on any atom is -0.351 e. The summed E-state index contributed by atoms with van der Waals surface area (Å²) in [4.78, 5) is 31.0. The molecule has 3 aromatic rings. The van der Waals surface area contributed by atoms with Gasteiger partial charge in [0.05, 0.1) is 17.9 Å². The summed E-state index contributed by atoms with van der Waals surface area (Å²) in [6.07, 6.45) is 3.55. The summed E-state index contributed by atoms with van der Waals surface area (Å²) in [5, 5.41) is 8.70. The highest BCUT2D eigenvalue weighted by molar-refractivity contribution is 6.31. The Bertz CT molecular complexity index is 1050. The van der Waals surface area contributed by atoms with Gasteiger partial charge in [0.2, 0.25) is 0 Å². The van der Waals surface area contributed by atoms with Crippen LogP contribution in [0.15, 0.2) is 36.7 Å². The van der Waals surface area contributed by atoms with Crippen LogP contribution in [0.1, 0.15) is 16.5 Å². The predicted octanol–water partition coefficient (Wildman–Crippen LogP) is 2.24. The fourth-order valence-electron chi connectivity index (χ4n) is 3.56. The smallest absolute Gasteiger partial charge is 0.322 e. The third-order valence-electron chi connectivity index (χ3n) is 5.09. The quantitative estimate of drug-likeness (QED) is 0.726. The molecule has 4 heterocycles. The number of hydrogen-bond donors (Lipinski definition) is 2. The first-order chi connectivity index (χ1) is 13.1. The van der Waals surface area contributed by atoms with Gasteiger partial charge in [-0.1, -0.05) is 11.6 Å². The molecule has 0 aliphatic carbocycles. The molecule has 0 atom stereocenters. The molecule has 2 saturated heterocycles. The number of halogens is 1. The summed E-state index contributed by atoms with van der Waals surface area (Å²) in [6, 6.07) is 7.35. The fraction of sp³-hybridized carbons (Fsp3) is 0.278. The zero-order chi connectivity index (χ0) is 18.5. The monoisotopic (exact) mass is 384 g/mol. The Kier molecular flexibility index (Phi) is 3.61. The van der Waals surface area contributed by atoms with Crippen LogP contribution in [0.25, 0.3) is 10.9 Å². The number of carbonyl (C=O) groups is 2. The van der Waals surface area contributed by atoms with E-state index in [1.165, 1.54) is 0 Å². The maximum absolute atomic E-state index is 12.7. The standard InChI is InChI=1S/C18H17ClN6O2/c19-12-1-2-15-11(5-12)6-16(22-15)17(26)23-8-14(9-23)25-10-13(7-21-25)24-4-3-20-18(24)27/h1-2,5-7,10,14,22H,3-4,8-9H2,(H,20,27). The topological polar surface area (TPSA) is 86.3 Å². The summed E-state index contributed by atoms with van der Waals surface area (Å²) in [5.74, 6) is -0.0372. The third-order valence-corrected chi connectivity index (χ3v) is 5.33. The lowest BCUT2D eigenvalue weighted by Crippen LogP contribution is -2.51. The number of benzene rings is 1. The highest BCUT2D eigenvalue weighted by atomic mass is 35.5. The predicted molar refractivity (Wildman–Crippen MR) is 101 cm³/mol. The molecule has 138 valence electrons. The first kappa shape index (κ1) is 16.2. The number of carbonyl (C=O) groups excluding carboxylic acids is 2. The number of amides is 3. The number of aromatic nitrogens is 3. The lowest BCUT2D eigenvalue weighted by Gasteiger charge is -2.38. The van der Waals surface area contributed by atoms with Crippen molar-refractivity contribution in [1.82, 2.24) is 25.0 Å². The van der Waals surface area contributed by atoms with Crippen molar-refractivity contribution >= 4 is 40.1 Å². The molecular formula is C18H17ClN6O2. The van der Waals surface area contributed by atoms with Gasteiger partial charge in [-0.05, 0) is 24.3 Å². The van der Waals surface area contributed by atoms with Crippen LogP contribution in [-0.4, -0.2) is 57.8 Å². The number of rotatable bonds is 3. The van der Waals surface area contributed by atoms with Crippen molar-refractivity contribution in [1.29, 1.82) is 0 Å². The van der Waals surface area contributed by atoms with Crippen LogP contribution >= 0.6 is 11.6 Å². The van der Waals surface area contributed by atoms with Gasteiger partial charge in [0, 0.05) is 48.3 Å². The molecule has 2 N–H and O–H groups in total. The molecule has 2 aliphatic heterocycles. The van der Waals surface area contributed by atoms with Crippen molar-refractivity contribution in [2.45, 2.75) is 6.04 Å². The number of nitrogens with one attached hydrogen (secondary N) is 2.